The van der Waals surface area contributed by atoms with Crippen molar-refractivity contribution in [3.05, 3.63) is 0 Å². The number of likely N-dealkylation sites (tertiary alicyclic amines) is 1. The normalized spacial score (nSPS) is 30.1. The SMILES string of the molecule is CC(C)(C)OC(=O)N1CC2COC[C@H](C2)C1. The first-order valence-electron chi connectivity index (χ1n) is 6.00. The number of nitrogens with zero attached hydrogens (tertiary/aromatic N) is 1. The molecule has 0 saturated carbocycles. The number of fused-ring (bicyclic) bond motifs is 2. The fraction of sp³-hybridized carbons (Fsp3) is 0.917. The van der Waals surface area contributed by atoms with Crippen LogP contribution >= 0.6 is 0 Å². The van der Waals surface area contributed by atoms with Crippen LogP contribution in [-0.4, -0.2) is 42.9 Å². The van der Waals surface area contributed by atoms with Gasteiger partial charge in [-0.3, -0.25) is 0 Å². The fourth-order valence-electron chi connectivity index (χ4n) is 2.44. The summed E-state index contributed by atoms with van der Waals surface area (Å²) in [7, 11) is 0. The molecule has 1 unspecified atom stereocenters. The highest BCUT2D eigenvalue weighted by Gasteiger charge is 2.35. The molecule has 2 atom stereocenters. The number of rotatable bonds is 0. The Balaban J connectivity index is 1.92. The zero-order valence-corrected chi connectivity index (χ0v) is 10.4. The molecule has 0 aromatic carbocycles. The summed E-state index contributed by atoms with van der Waals surface area (Å²) in [6, 6.07) is 0. The molecular formula is C12H21NO3. The molecule has 0 N–H and O–H groups in total. The molecule has 2 saturated heterocycles. The second kappa shape index (κ2) is 4.24. The van der Waals surface area contributed by atoms with Crippen LogP contribution in [0.1, 0.15) is 27.2 Å². The monoisotopic (exact) mass is 227 g/mol. The second-order valence-electron chi connectivity index (χ2n) is 5.89. The minimum atomic E-state index is -0.403. The highest BCUT2D eigenvalue weighted by atomic mass is 16.6. The molecule has 2 heterocycles. The third kappa shape index (κ3) is 2.88. The van der Waals surface area contributed by atoms with Gasteiger partial charge in [0.1, 0.15) is 5.60 Å². The summed E-state index contributed by atoms with van der Waals surface area (Å²) >= 11 is 0. The van der Waals surface area contributed by atoms with Gasteiger partial charge < -0.3 is 14.4 Å². The first-order chi connectivity index (χ1) is 7.44. The Morgan fingerprint density at radius 3 is 2.31 bits per heavy atom. The van der Waals surface area contributed by atoms with Crippen LogP contribution in [0.2, 0.25) is 0 Å². The van der Waals surface area contributed by atoms with Crippen LogP contribution in [0.4, 0.5) is 4.79 Å². The lowest BCUT2D eigenvalue weighted by Gasteiger charge is -2.41. The van der Waals surface area contributed by atoms with Gasteiger partial charge in [0.2, 0.25) is 0 Å². The van der Waals surface area contributed by atoms with Gasteiger partial charge in [-0.25, -0.2) is 4.79 Å². The molecule has 0 aromatic rings. The molecule has 4 nitrogen and oxygen atoms in total. The number of ether oxygens (including phenoxy) is 2. The minimum Gasteiger partial charge on any atom is -0.444 e. The van der Waals surface area contributed by atoms with Crippen molar-refractivity contribution in [2.75, 3.05) is 26.3 Å². The van der Waals surface area contributed by atoms with Gasteiger partial charge in [-0.05, 0) is 27.2 Å². The molecule has 2 fully saturated rings. The van der Waals surface area contributed by atoms with E-state index in [1.54, 1.807) is 0 Å². The Hall–Kier alpha value is -0.770. The van der Waals surface area contributed by atoms with E-state index >= 15 is 0 Å². The van der Waals surface area contributed by atoms with E-state index in [0.717, 1.165) is 26.3 Å². The number of amides is 1. The Morgan fingerprint density at radius 1 is 1.25 bits per heavy atom. The van der Waals surface area contributed by atoms with Crippen molar-refractivity contribution in [1.82, 2.24) is 4.90 Å². The van der Waals surface area contributed by atoms with Crippen molar-refractivity contribution >= 4 is 6.09 Å². The smallest absolute Gasteiger partial charge is 0.410 e. The van der Waals surface area contributed by atoms with Gasteiger partial charge in [0, 0.05) is 24.9 Å². The molecule has 0 spiro atoms. The number of carbonyl (C=O) groups excluding carboxylic acids is 1. The van der Waals surface area contributed by atoms with Crippen LogP contribution in [-0.2, 0) is 9.47 Å². The largest absolute Gasteiger partial charge is 0.444 e. The lowest BCUT2D eigenvalue weighted by Crippen LogP contribution is -2.50. The number of hydrogen-bond donors (Lipinski definition) is 0. The Bertz CT molecular complexity index is 260. The van der Waals surface area contributed by atoms with Crippen molar-refractivity contribution in [2.24, 2.45) is 11.8 Å². The lowest BCUT2D eigenvalue weighted by atomic mass is 9.88. The second-order valence-corrected chi connectivity index (χ2v) is 5.89. The minimum absolute atomic E-state index is 0.177. The van der Waals surface area contributed by atoms with Crippen LogP contribution in [0.25, 0.3) is 0 Å². The summed E-state index contributed by atoms with van der Waals surface area (Å²) in [6.45, 7) is 8.85. The topological polar surface area (TPSA) is 38.8 Å². The van der Waals surface area contributed by atoms with Crippen LogP contribution in [0, 0.1) is 11.8 Å². The van der Waals surface area contributed by atoms with Crippen LogP contribution in [0.15, 0.2) is 0 Å². The molecule has 2 aliphatic heterocycles. The maximum absolute atomic E-state index is 11.9. The van der Waals surface area contributed by atoms with E-state index in [1.165, 1.54) is 6.42 Å². The fourth-order valence-corrected chi connectivity index (χ4v) is 2.44. The first kappa shape index (κ1) is 11.7. The Morgan fingerprint density at radius 2 is 1.81 bits per heavy atom. The molecule has 0 aliphatic carbocycles. The highest BCUT2D eigenvalue weighted by Crippen LogP contribution is 2.27. The van der Waals surface area contributed by atoms with Gasteiger partial charge in [0.05, 0.1) is 13.2 Å². The predicted molar refractivity (Wildman–Crippen MR) is 60.2 cm³/mol. The summed E-state index contributed by atoms with van der Waals surface area (Å²) in [5.41, 5.74) is -0.403. The van der Waals surface area contributed by atoms with Crippen molar-refractivity contribution in [1.29, 1.82) is 0 Å². The highest BCUT2D eigenvalue weighted by molar-refractivity contribution is 5.68. The van der Waals surface area contributed by atoms with Gasteiger partial charge in [-0.15, -0.1) is 0 Å². The van der Waals surface area contributed by atoms with Gasteiger partial charge in [-0.1, -0.05) is 0 Å². The average Bonchev–Trinajstić information content (AvgIpc) is 2.14. The van der Waals surface area contributed by atoms with E-state index in [9.17, 15) is 4.79 Å². The first-order valence-corrected chi connectivity index (χ1v) is 6.00. The zero-order chi connectivity index (χ0) is 11.8. The summed E-state index contributed by atoms with van der Waals surface area (Å²) in [6.07, 6.45) is 1.02. The lowest BCUT2D eigenvalue weighted by molar-refractivity contribution is -0.0485. The molecule has 1 amide bonds. The van der Waals surface area contributed by atoms with Gasteiger partial charge in [0.15, 0.2) is 0 Å². The summed E-state index contributed by atoms with van der Waals surface area (Å²) in [4.78, 5) is 13.7. The van der Waals surface area contributed by atoms with E-state index < -0.39 is 5.60 Å². The van der Waals surface area contributed by atoms with E-state index in [0.29, 0.717) is 11.8 Å². The van der Waals surface area contributed by atoms with Crippen LogP contribution < -0.4 is 0 Å². The maximum Gasteiger partial charge on any atom is 0.410 e. The Kier molecular flexibility index (Phi) is 3.10. The molecule has 2 bridgehead atoms. The molecule has 92 valence electrons. The van der Waals surface area contributed by atoms with Crippen molar-refractivity contribution in [3.63, 3.8) is 0 Å². The van der Waals surface area contributed by atoms with Crippen LogP contribution in [0.3, 0.4) is 0 Å². The molecular weight excluding hydrogens is 206 g/mol. The van der Waals surface area contributed by atoms with Crippen molar-refractivity contribution in [2.45, 2.75) is 32.8 Å². The van der Waals surface area contributed by atoms with E-state index in [1.807, 2.05) is 25.7 Å². The average molecular weight is 227 g/mol. The molecule has 16 heavy (non-hydrogen) atoms. The van der Waals surface area contributed by atoms with E-state index in [2.05, 4.69) is 0 Å². The predicted octanol–water partition coefficient (Wildman–Crippen LogP) is 1.89. The third-order valence-corrected chi connectivity index (χ3v) is 2.98. The quantitative estimate of drug-likeness (QED) is 0.634. The number of piperidine rings is 1. The maximum atomic E-state index is 11.9. The Labute approximate surface area is 96.9 Å². The standard InChI is InChI=1S/C12H21NO3/c1-12(2,3)16-11(14)13-5-9-4-10(6-13)8-15-7-9/h9-10H,4-8H2,1-3H3/t9-,10?/m1/s1. The summed E-state index contributed by atoms with van der Waals surface area (Å²) in [5.74, 6) is 1.00. The molecule has 0 radical (unpaired) electrons. The number of carbonyl (C=O) groups is 1. The van der Waals surface area contributed by atoms with Crippen LogP contribution in [0.5, 0.6) is 0 Å². The zero-order valence-electron chi connectivity index (χ0n) is 10.4. The number of hydrogen-bond acceptors (Lipinski definition) is 3. The molecule has 2 rings (SSSR count). The van der Waals surface area contributed by atoms with E-state index in [4.69, 9.17) is 9.47 Å². The van der Waals surface area contributed by atoms with Crippen molar-refractivity contribution in [3.8, 4) is 0 Å². The summed E-state index contributed by atoms with van der Waals surface area (Å²) < 4.78 is 10.9. The third-order valence-electron chi connectivity index (χ3n) is 2.98. The van der Waals surface area contributed by atoms with Gasteiger partial charge >= 0.3 is 6.09 Å². The molecule has 2 aliphatic rings. The summed E-state index contributed by atoms with van der Waals surface area (Å²) in [5, 5.41) is 0. The molecule has 4 heteroatoms. The van der Waals surface area contributed by atoms with E-state index in [-0.39, 0.29) is 6.09 Å². The van der Waals surface area contributed by atoms with Gasteiger partial charge in [-0.2, -0.15) is 0 Å². The van der Waals surface area contributed by atoms with Crippen molar-refractivity contribution < 1.29 is 14.3 Å². The van der Waals surface area contributed by atoms with Gasteiger partial charge in [0.25, 0.3) is 0 Å². The molecule has 0 aromatic heterocycles.